The molecule has 1 amide bonds. The van der Waals surface area contributed by atoms with Crippen LogP contribution >= 0.6 is 0 Å². The molecule has 0 aromatic heterocycles. The summed E-state index contributed by atoms with van der Waals surface area (Å²) in [5.74, 6) is 0.293. The van der Waals surface area contributed by atoms with Crippen molar-refractivity contribution < 1.29 is 19.1 Å². The summed E-state index contributed by atoms with van der Waals surface area (Å²) < 4.78 is 11.1. The van der Waals surface area contributed by atoms with E-state index in [4.69, 9.17) is 9.47 Å². The van der Waals surface area contributed by atoms with E-state index in [9.17, 15) is 9.59 Å². The Labute approximate surface area is 197 Å². The number of piperidine rings is 2. The minimum atomic E-state index is -0.322. The zero-order chi connectivity index (χ0) is 23.0. The second kappa shape index (κ2) is 11.8. The zero-order valence-electron chi connectivity index (χ0n) is 20.0. The van der Waals surface area contributed by atoms with E-state index in [1.807, 2.05) is 11.9 Å². The molecular formula is C26H39N3O4. The number of carbonyl (C=O) groups is 2. The van der Waals surface area contributed by atoms with Crippen LogP contribution in [0.2, 0.25) is 0 Å². The van der Waals surface area contributed by atoms with E-state index in [0.717, 1.165) is 64.7 Å². The summed E-state index contributed by atoms with van der Waals surface area (Å²) in [7, 11) is 1.92. The Morgan fingerprint density at radius 3 is 2.30 bits per heavy atom. The van der Waals surface area contributed by atoms with Gasteiger partial charge in [0.25, 0.3) is 5.91 Å². The highest BCUT2D eigenvalue weighted by atomic mass is 16.6. The average Bonchev–Trinajstić information content (AvgIpc) is 2.88. The van der Waals surface area contributed by atoms with Crippen LogP contribution in [0.5, 0.6) is 5.75 Å². The van der Waals surface area contributed by atoms with E-state index < -0.39 is 0 Å². The van der Waals surface area contributed by atoms with E-state index in [1.54, 1.807) is 24.3 Å². The summed E-state index contributed by atoms with van der Waals surface area (Å²) in [4.78, 5) is 29.6. The summed E-state index contributed by atoms with van der Waals surface area (Å²) in [5, 5.41) is 3.44. The van der Waals surface area contributed by atoms with E-state index in [2.05, 4.69) is 10.2 Å². The lowest BCUT2D eigenvalue weighted by atomic mass is 9.97. The van der Waals surface area contributed by atoms with Gasteiger partial charge in [0.2, 0.25) is 0 Å². The molecule has 7 heteroatoms. The highest BCUT2D eigenvalue weighted by Gasteiger charge is 2.29. The van der Waals surface area contributed by atoms with Crippen LogP contribution in [-0.2, 0) is 9.53 Å². The Morgan fingerprint density at radius 1 is 0.970 bits per heavy atom. The second-order valence-electron chi connectivity index (χ2n) is 9.73. The van der Waals surface area contributed by atoms with Crippen LogP contribution < -0.4 is 10.1 Å². The molecule has 1 aromatic rings. The van der Waals surface area contributed by atoms with Crippen LogP contribution in [0.1, 0.15) is 68.1 Å². The average molecular weight is 458 g/mol. The maximum Gasteiger partial charge on any atom is 0.344 e. The van der Waals surface area contributed by atoms with Crippen molar-refractivity contribution in [2.45, 2.75) is 76.0 Å². The molecule has 7 nitrogen and oxygen atoms in total. The molecule has 2 saturated heterocycles. The van der Waals surface area contributed by atoms with Crippen molar-refractivity contribution in [3.05, 3.63) is 29.8 Å². The smallest absolute Gasteiger partial charge is 0.344 e. The lowest BCUT2D eigenvalue weighted by Gasteiger charge is -2.41. The van der Waals surface area contributed by atoms with Crippen molar-refractivity contribution in [2.75, 3.05) is 39.8 Å². The summed E-state index contributed by atoms with van der Waals surface area (Å²) in [6.45, 7) is 4.27. The maximum atomic E-state index is 13.0. The Hall–Kier alpha value is -2.12. The molecule has 0 bridgehead atoms. The van der Waals surface area contributed by atoms with Gasteiger partial charge in [0.05, 0.1) is 0 Å². The number of hydrogen-bond acceptors (Lipinski definition) is 6. The Balaban J connectivity index is 1.21. The summed E-state index contributed by atoms with van der Waals surface area (Å²) in [6, 6.07) is 8.06. The normalized spacial score (nSPS) is 21.5. The molecule has 4 rings (SSSR count). The second-order valence-corrected chi connectivity index (χ2v) is 9.73. The zero-order valence-corrected chi connectivity index (χ0v) is 20.0. The standard InChI is InChI=1S/C26H39N3O4/c1-28(21-13-17-29(18-14-21)22-11-15-27-16-12-22)26(31)20-7-9-23(10-8-20)32-19-25(30)33-24-5-3-2-4-6-24/h7-10,21-22,24,27H,2-6,11-19H2,1H3. The third kappa shape index (κ3) is 6.70. The third-order valence-corrected chi connectivity index (χ3v) is 7.50. The van der Waals surface area contributed by atoms with Crippen LogP contribution in [0.15, 0.2) is 24.3 Å². The largest absolute Gasteiger partial charge is 0.482 e. The van der Waals surface area contributed by atoms with Gasteiger partial charge in [-0.25, -0.2) is 4.79 Å². The molecule has 3 fully saturated rings. The molecule has 3 aliphatic rings. The first kappa shape index (κ1) is 24.0. The number of likely N-dealkylation sites (tertiary alicyclic amines) is 1. The van der Waals surface area contributed by atoms with E-state index >= 15 is 0 Å². The Kier molecular flexibility index (Phi) is 8.62. The number of hydrogen-bond donors (Lipinski definition) is 1. The molecule has 0 spiro atoms. The Bertz CT molecular complexity index is 764. The maximum absolute atomic E-state index is 13.0. The highest BCUT2D eigenvalue weighted by molar-refractivity contribution is 5.94. The number of ether oxygens (including phenoxy) is 2. The molecule has 182 valence electrons. The SMILES string of the molecule is CN(C(=O)c1ccc(OCC(=O)OC2CCCCC2)cc1)C1CCN(C2CCNCC2)CC1. The van der Waals surface area contributed by atoms with Gasteiger partial charge in [-0.2, -0.15) is 0 Å². The lowest BCUT2D eigenvalue weighted by molar-refractivity contribution is -0.152. The minimum absolute atomic E-state index is 0.0388. The van der Waals surface area contributed by atoms with Crippen LogP contribution in [0, 0.1) is 0 Å². The molecule has 0 atom stereocenters. The molecule has 0 unspecified atom stereocenters. The lowest BCUT2D eigenvalue weighted by Crippen LogP contribution is -2.50. The summed E-state index contributed by atoms with van der Waals surface area (Å²) in [6.07, 6.45) is 9.92. The molecule has 1 aliphatic carbocycles. The first-order chi connectivity index (χ1) is 16.1. The molecule has 2 heterocycles. The molecular weight excluding hydrogens is 418 g/mol. The number of benzene rings is 1. The van der Waals surface area contributed by atoms with Crippen LogP contribution in [0.4, 0.5) is 0 Å². The van der Waals surface area contributed by atoms with Crippen molar-refractivity contribution in [3.63, 3.8) is 0 Å². The van der Waals surface area contributed by atoms with Gasteiger partial charge in [-0.3, -0.25) is 4.79 Å². The first-order valence-electron chi connectivity index (χ1n) is 12.7. The van der Waals surface area contributed by atoms with Gasteiger partial charge >= 0.3 is 5.97 Å². The topological polar surface area (TPSA) is 71.1 Å². The van der Waals surface area contributed by atoms with E-state index in [1.165, 1.54) is 19.3 Å². The third-order valence-electron chi connectivity index (χ3n) is 7.50. The van der Waals surface area contributed by atoms with E-state index in [0.29, 0.717) is 17.4 Å². The summed E-state index contributed by atoms with van der Waals surface area (Å²) >= 11 is 0. The number of rotatable bonds is 7. The molecule has 1 saturated carbocycles. The van der Waals surface area contributed by atoms with Crippen LogP contribution in [0.25, 0.3) is 0 Å². The fraction of sp³-hybridized carbons (Fsp3) is 0.692. The minimum Gasteiger partial charge on any atom is -0.482 e. The molecule has 33 heavy (non-hydrogen) atoms. The number of nitrogens with one attached hydrogen (secondary N) is 1. The van der Waals surface area contributed by atoms with Crippen LogP contribution in [-0.4, -0.2) is 79.7 Å². The molecule has 1 N–H and O–H groups in total. The van der Waals surface area contributed by atoms with Gasteiger partial charge in [-0.05, 0) is 88.7 Å². The first-order valence-corrected chi connectivity index (χ1v) is 12.7. The van der Waals surface area contributed by atoms with Gasteiger partial charge in [-0.1, -0.05) is 6.42 Å². The van der Waals surface area contributed by atoms with Crippen molar-refractivity contribution in [1.29, 1.82) is 0 Å². The number of esters is 1. The van der Waals surface area contributed by atoms with Gasteiger partial charge in [0.1, 0.15) is 11.9 Å². The van der Waals surface area contributed by atoms with Gasteiger partial charge in [0, 0.05) is 37.8 Å². The molecule has 2 aliphatic heterocycles. The van der Waals surface area contributed by atoms with Crippen molar-refractivity contribution in [1.82, 2.24) is 15.1 Å². The van der Waals surface area contributed by atoms with E-state index in [-0.39, 0.29) is 30.6 Å². The molecule has 1 aromatic carbocycles. The predicted molar refractivity (Wildman–Crippen MR) is 127 cm³/mol. The Morgan fingerprint density at radius 2 is 1.64 bits per heavy atom. The van der Waals surface area contributed by atoms with Gasteiger partial charge < -0.3 is 24.6 Å². The van der Waals surface area contributed by atoms with Crippen LogP contribution in [0.3, 0.4) is 0 Å². The van der Waals surface area contributed by atoms with Crippen molar-refractivity contribution in [2.24, 2.45) is 0 Å². The summed E-state index contributed by atoms with van der Waals surface area (Å²) in [5.41, 5.74) is 0.649. The molecule has 0 radical (unpaired) electrons. The number of nitrogens with zero attached hydrogens (tertiary/aromatic N) is 2. The highest BCUT2D eigenvalue weighted by Crippen LogP contribution is 2.23. The number of amides is 1. The predicted octanol–water partition coefficient (Wildman–Crippen LogP) is 3.23. The fourth-order valence-electron chi connectivity index (χ4n) is 5.42. The van der Waals surface area contributed by atoms with Crippen molar-refractivity contribution >= 4 is 11.9 Å². The quantitative estimate of drug-likeness (QED) is 0.634. The fourth-order valence-corrected chi connectivity index (χ4v) is 5.42. The van der Waals surface area contributed by atoms with Gasteiger partial charge in [0.15, 0.2) is 6.61 Å². The van der Waals surface area contributed by atoms with Crippen molar-refractivity contribution in [3.8, 4) is 5.75 Å². The monoisotopic (exact) mass is 457 g/mol. The number of carbonyl (C=O) groups excluding carboxylic acids is 2. The van der Waals surface area contributed by atoms with Gasteiger partial charge in [-0.15, -0.1) is 0 Å².